The molecule has 0 saturated carbocycles. The highest BCUT2D eigenvalue weighted by Crippen LogP contribution is 2.31. The number of ether oxygens (including phenoxy) is 1. The SMILES string of the molecule is CCCNC(C)c1ccc(Oc2cnn(CC)c2)c(Cl)c1. The molecule has 2 rings (SSSR count). The lowest BCUT2D eigenvalue weighted by Gasteiger charge is -2.15. The predicted octanol–water partition coefficient (Wildman–Crippen LogP) is 4.41. The third-order valence-corrected chi connectivity index (χ3v) is 3.61. The zero-order chi connectivity index (χ0) is 15.2. The largest absolute Gasteiger partial charge is 0.452 e. The lowest BCUT2D eigenvalue weighted by Crippen LogP contribution is -2.19. The molecule has 5 heteroatoms. The van der Waals surface area contributed by atoms with E-state index in [2.05, 4.69) is 24.3 Å². The van der Waals surface area contributed by atoms with E-state index < -0.39 is 0 Å². The number of nitrogens with one attached hydrogen (secondary N) is 1. The minimum absolute atomic E-state index is 0.277. The van der Waals surface area contributed by atoms with Gasteiger partial charge in [-0.3, -0.25) is 4.68 Å². The van der Waals surface area contributed by atoms with Crippen LogP contribution in [0.5, 0.6) is 11.5 Å². The normalized spacial score (nSPS) is 12.4. The number of aryl methyl sites for hydroxylation is 1. The average Bonchev–Trinajstić information content (AvgIpc) is 2.94. The van der Waals surface area contributed by atoms with E-state index in [-0.39, 0.29) is 6.04 Å². The molecule has 0 amide bonds. The number of halogens is 1. The first-order chi connectivity index (χ1) is 10.1. The summed E-state index contributed by atoms with van der Waals surface area (Å²) in [7, 11) is 0. The summed E-state index contributed by atoms with van der Waals surface area (Å²) in [4.78, 5) is 0. The Morgan fingerprint density at radius 1 is 1.38 bits per heavy atom. The van der Waals surface area contributed by atoms with Gasteiger partial charge in [-0.15, -0.1) is 0 Å². The number of rotatable bonds is 7. The third kappa shape index (κ3) is 4.22. The van der Waals surface area contributed by atoms with E-state index in [1.165, 1.54) is 0 Å². The van der Waals surface area contributed by atoms with Crippen LogP contribution in [0.2, 0.25) is 5.02 Å². The van der Waals surface area contributed by atoms with Gasteiger partial charge in [-0.1, -0.05) is 24.6 Å². The molecule has 21 heavy (non-hydrogen) atoms. The monoisotopic (exact) mass is 307 g/mol. The molecule has 0 spiro atoms. The van der Waals surface area contributed by atoms with Crippen LogP contribution in [-0.2, 0) is 6.54 Å². The molecule has 0 radical (unpaired) electrons. The first-order valence-corrected chi connectivity index (χ1v) is 7.75. The second-order valence-corrected chi connectivity index (χ2v) is 5.41. The Labute approximate surface area is 131 Å². The first-order valence-electron chi connectivity index (χ1n) is 7.37. The number of aromatic nitrogens is 2. The molecule has 2 aromatic rings. The van der Waals surface area contributed by atoms with Crippen molar-refractivity contribution in [3.8, 4) is 11.5 Å². The lowest BCUT2D eigenvalue weighted by atomic mass is 10.1. The van der Waals surface area contributed by atoms with Gasteiger partial charge in [0.05, 0.1) is 17.4 Å². The summed E-state index contributed by atoms with van der Waals surface area (Å²) >= 11 is 6.32. The van der Waals surface area contributed by atoms with Crippen molar-refractivity contribution in [3.63, 3.8) is 0 Å². The molecule has 0 aliphatic heterocycles. The topological polar surface area (TPSA) is 39.1 Å². The van der Waals surface area contributed by atoms with Gasteiger partial charge in [-0.05, 0) is 44.5 Å². The number of hydrogen-bond acceptors (Lipinski definition) is 3. The summed E-state index contributed by atoms with van der Waals surface area (Å²) in [5.41, 5.74) is 1.16. The molecular weight excluding hydrogens is 286 g/mol. The fourth-order valence-electron chi connectivity index (χ4n) is 2.05. The maximum Gasteiger partial charge on any atom is 0.165 e. The molecule has 0 fully saturated rings. The van der Waals surface area contributed by atoms with Gasteiger partial charge in [0, 0.05) is 12.6 Å². The van der Waals surface area contributed by atoms with E-state index in [0.717, 1.165) is 25.1 Å². The number of hydrogen-bond donors (Lipinski definition) is 1. The highest BCUT2D eigenvalue weighted by molar-refractivity contribution is 6.32. The summed E-state index contributed by atoms with van der Waals surface area (Å²) in [6, 6.07) is 6.18. The van der Waals surface area contributed by atoms with Gasteiger partial charge in [-0.25, -0.2) is 0 Å². The van der Waals surface area contributed by atoms with E-state index in [4.69, 9.17) is 16.3 Å². The van der Waals surface area contributed by atoms with Gasteiger partial charge in [0.15, 0.2) is 5.75 Å². The van der Waals surface area contributed by atoms with Gasteiger partial charge in [0.25, 0.3) is 0 Å². The Bertz CT molecular complexity index is 583. The van der Waals surface area contributed by atoms with E-state index in [1.54, 1.807) is 6.20 Å². The van der Waals surface area contributed by atoms with Crippen LogP contribution in [0.1, 0.15) is 38.8 Å². The highest BCUT2D eigenvalue weighted by Gasteiger charge is 2.10. The summed E-state index contributed by atoms with van der Waals surface area (Å²) in [5, 5.41) is 8.23. The standard InChI is InChI=1S/C16H22ClN3O/c1-4-8-18-12(3)13-6-7-16(15(17)9-13)21-14-10-19-20(5-2)11-14/h6-7,9-12,18H,4-5,8H2,1-3H3. The molecule has 1 heterocycles. The smallest absolute Gasteiger partial charge is 0.165 e. The van der Waals surface area contributed by atoms with E-state index in [1.807, 2.05) is 36.0 Å². The summed E-state index contributed by atoms with van der Waals surface area (Å²) in [6.07, 6.45) is 4.66. The first kappa shape index (κ1) is 15.9. The van der Waals surface area contributed by atoms with Crippen molar-refractivity contribution >= 4 is 11.6 Å². The fraction of sp³-hybridized carbons (Fsp3) is 0.438. The number of benzene rings is 1. The summed E-state index contributed by atoms with van der Waals surface area (Å²) in [6.45, 7) is 8.13. The van der Waals surface area contributed by atoms with Crippen molar-refractivity contribution in [1.29, 1.82) is 0 Å². The van der Waals surface area contributed by atoms with Crippen molar-refractivity contribution in [3.05, 3.63) is 41.2 Å². The van der Waals surface area contributed by atoms with Gasteiger partial charge < -0.3 is 10.1 Å². The Balaban J connectivity index is 2.08. The highest BCUT2D eigenvalue weighted by atomic mass is 35.5. The van der Waals surface area contributed by atoms with Gasteiger partial charge in [0.2, 0.25) is 0 Å². The van der Waals surface area contributed by atoms with Gasteiger partial charge in [0.1, 0.15) is 5.75 Å². The van der Waals surface area contributed by atoms with Gasteiger partial charge in [-0.2, -0.15) is 5.10 Å². The number of nitrogens with zero attached hydrogens (tertiary/aromatic N) is 2. The summed E-state index contributed by atoms with van der Waals surface area (Å²) < 4.78 is 7.59. The molecule has 1 aromatic carbocycles. The second-order valence-electron chi connectivity index (χ2n) is 5.00. The van der Waals surface area contributed by atoms with Crippen molar-refractivity contribution in [2.45, 2.75) is 39.8 Å². The van der Waals surface area contributed by atoms with E-state index in [0.29, 0.717) is 16.5 Å². The van der Waals surface area contributed by atoms with Crippen molar-refractivity contribution in [1.82, 2.24) is 15.1 Å². The molecule has 0 bridgehead atoms. The quantitative estimate of drug-likeness (QED) is 0.823. The maximum absolute atomic E-state index is 6.32. The van der Waals surface area contributed by atoms with Crippen molar-refractivity contribution in [2.75, 3.05) is 6.54 Å². The third-order valence-electron chi connectivity index (χ3n) is 3.32. The molecule has 4 nitrogen and oxygen atoms in total. The zero-order valence-electron chi connectivity index (χ0n) is 12.8. The van der Waals surface area contributed by atoms with Crippen LogP contribution in [0, 0.1) is 0 Å². The van der Waals surface area contributed by atoms with Crippen molar-refractivity contribution < 1.29 is 4.74 Å². The van der Waals surface area contributed by atoms with E-state index in [9.17, 15) is 0 Å². The fourth-order valence-corrected chi connectivity index (χ4v) is 2.27. The molecule has 0 aliphatic carbocycles. The van der Waals surface area contributed by atoms with E-state index >= 15 is 0 Å². The Kier molecular flexibility index (Phi) is 5.65. The molecule has 1 aromatic heterocycles. The van der Waals surface area contributed by atoms with Crippen molar-refractivity contribution in [2.24, 2.45) is 0 Å². The van der Waals surface area contributed by atoms with Crippen LogP contribution < -0.4 is 10.1 Å². The molecule has 1 unspecified atom stereocenters. The van der Waals surface area contributed by atoms with Crippen LogP contribution in [0.4, 0.5) is 0 Å². The molecular formula is C16H22ClN3O. The Hall–Kier alpha value is -1.52. The van der Waals surface area contributed by atoms with Crippen LogP contribution in [-0.4, -0.2) is 16.3 Å². The predicted molar refractivity (Wildman–Crippen MR) is 86.1 cm³/mol. The van der Waals surface area contributed by atoms with Crippen LogP contribution in [0.25, 0.3) is 0 Å². The molecule has 114 valence electrons. The van der Waals surface area contributed by atoms with Crippen LogP contribution >= 0.6 is 11.6 Å². The lowest BCUT2D eigenvalue weighted by molar-refractivity contribution is 0.480. The minimum atomic E-state index is 0.277. The molecule has 1 N–H and O–H groups in total. The molecule has 1 atom stereocenters. The Morgan fingerprint density at radius 3 is 2.81 bits per heavy atom. The minimum Gasteiger partial charge on any atom is -0.452 e. The summed E-state index contributed by atoms with van der Waals surface area (Å²) in [5.74, 6) is 1.35. The average molecular weight is 308 g/mol. The van der Waals surface area contributed by atoms with Crippen LogP contribution in [0.15, 0.2) is 30.6 Å². The Morgan fingerprint density at radius 2 is 2.19 bits per heavy atom. The second kappa shape index (κ2) is 7.48. The van der Waals surface area contributed by atoms with Gasteiger partial charge >= 0.3 is 0 Å². The molecule has 0 aliphatic rings. The van der Waals surface area contributed by atoms with Crippen LogP contribution in [0.3, 0.4) is 0 Å². The molecule has 0 saturated heterocycles. The zero-order valence-corrected chi connectivity index (χ0v) is 13.5. The maximum atomic E-state index is 6.32.